The van der Waals surface area contributed by atoms with Crippen molar-refractivity contribution in [1.82, 2.24) is 5.32 Å². The lowest BCUT2D eigenvalue weighted by atomic mass is 10.0. The first-order valence-electron chi connectivity index (χ1n) is 5.30. The van der Waals surface area contributed by atoms with Crippen molar-refractivity contribution in [2.24, 2.45) is 0 Å². The van der Waals surface area contributed by atoms with Gasteiger partial charge in [0.1, 0.15) is 5.75 Å². The quantitative estimate of drug-likeness (QED) is 0.833. The Morgan fingerprint density at radius 3 is 2.38 bits per heavy atom. The number of benzene rings is 1. The van der Waals surface area contributed by atoms with Gasteiger partial charge in [-0.05, 0) is 51.5 Å². The number of methoxy groups -OCH3 is 1. The molecule has 1 rings (SSSR count). The lowest BCUT2D eigenvalue weighted by Crippen LogP contribution is -2.40. The maximum absolute atomic E-state index is 11.9. The average Bonchev–Trinajstić information content (AvgIpc) is 2.14. The van der Waals surface area contributed by atoms with E-state index in [-0.39, 0.29) is 11.4 Å². The molecule has 0 aromatic heterocycles. The summed E-state index contributed by atoms with van der Waals surface area (Å²) in [6.45, 7) is 7.79. The standard InChI is InChI=1S/C13H19NO2/c1-9-8-10(16-5)6-7-11(9)12(15)14-13(2,3)4/h6-8H,1-5H3,(H,14,15). The molecule has 0 aliphatic carbocycles. The minimum absolute atomic E-state index is 0.0485. The Morgan fingerprint density at radius 1 is 1.31 bits per heavy atom. The van der Waals surface area contributed by atoms with Gasteiger partial charge < -0.3 is 10.1 Å². The fourth-order valence-electron chi connectivity index (χ4n) is 1.43. The number of ether oxygens (including phenoxy) is 1. The molecule has 1 N–H and O–H groups in total. The molecule has 0 radical (unpaired) electrons. The summed E-state index contributed by atoms with van der Waals surface area (Å²) in [4.78, 5) is 11.9. The van der Waals surface area contributed by atoms with Gasteiger partial charge in [0.25, 0.3) is 5.91 Å². The first-order valence-corrected chi connectivity index (χ1v) is 5.30. The smallest absolute Gasteiger partial charge is 0.251 e. The van der Waals surface area contributed by atoms with Gasteiger partial charge >= 0.3 is 0 Å². The number of aryl methyl sites for hydroxylation is 1. The molecule has 1 aromatic carbocycles. The van der Waals surface area contributed by atoms with Crippen LogP contribution in [-0.2, 0) is 0 Å². The third-order valence-electron chi connectivity index (χ3n) is 2.17. The zero-order valence-corrected chi connectivity index (χ0v) is 10.5. The predicted octanol–water partition coefficient (Wildman–Crippen LogP) is 2.53. The Hall–Kier alpha value is -1.51. The van der Waals surface area contributed by atoms with Crippen LogP contribution in [0, 0.1) is 6.92 Å². The van der Waals surface area contributed by atoms with E-state index in [1.807, 2.05) is 33.8 Å². The van der Waals surface area contributed by atoms with E-state index in [1.165, 1.54) is 0 Å². The highest BCUT2D eigenvalue weighted by molar-refractivity contribution is 5.96. The Balaban J connectivity index is 2.93. The maximum atomic E-state index is 11.9. The first-order chi connectivity index (χ1) is 7.33. The summed E-state index contributed by atoms with van der Waals surface area (Å²) in [6.07, 6.45) is 0. The Morgan fingerprint density at radius 2 is 1.94 bits per heavy atom. The molecule has 88 valence electrons. The molecular weight excluding hydrogens is 202 g/mol. The molecule has 0 saturated heterocycles. The second-order valence-electron chi connectivity index (χ2n) is 4.88. The molecule has 0 aliphatic heterocycles. The Labute approximate surface area is 96.8 Å². The lowest BCUT2D eigenvalue weighted by Gasteiger charge is -2.21. The van der Waals surface area contributed by atoms with Gasteiger partial charge in [0, 0.05) is 11.1 Å². The van der Waals surface area contributed by atoms with Crippen LogP contribution in [0.15, 0.2) is 18.2 Å². The number of rotatable bonds is 2. The van der Waals surface area contributed by atoms with Crippen LogP contribution in [0.5, 0.6) is 5.75 Å². The van der Waals surface area contributed by atoms with E-state index in [9.17, 15) is 4.79 Å². The molecule has 0 saturated carbocycles. The normalized spacial score (nSPS) is 11.1. The molecule has 0 unspecified atom stereocenters. The monoisotopic (exact) mass is 221 g/mol. The molecular formula is C13H19NO2. The molecule has 3 heteroatoms. The van der Waals surface area contributed by atoms with Gasteiger partial charge in [-0.3, -0.25) is 4.79 Å². The fraction of sp³-hybridized carbons (Fsp3) is 0.462. The molecule has 0 aliphatic rings. The minimum atomic E-state index is -0.219. The second kappa shape index (κ2) is 4.56. The molecule has 0 spiro atoms. The molecule has 1 amide bonds. The van der Waals surface area contributed by atoms with Crippen molar-refractivity contribution in [3.63, 3.8) is 0 Å². The third-order valence-corrected chi connectivity index (χ3v) is 2.17. The van der Waals surface area contributed by atoms with Gasteiger partial charge in [-0.15, -0.1) is 0 Å². The number of nitrogens with one attached hydrogen (secondary N) is 1. The highest BCUT2D eigenvalue weighted by Crippen LogP contribution is 2.17. The van der Waals surface area contributed by atoms with Gasteiger partial charge in [-0.25, -0.2) is 0 Å². The minimum Gasteiger partial charge on any atom is -0.497 e. The van der Waals surface area contributed by atoms with Crippen LogP contribution in [0.1, 0.15) is 36.7 Å². The van der Waals surface area contributed by atoms with Gasteiger partial charge in [-0.2, -0.15) is 0 Å². The summed E-state index contributed by atoms with van der Waals surface area (Å²) in [5.41, 5.74) is 1.39. The van der Waals surface area contributed by atoms with Gasteiger partial charge in [-0.1, -0.05) is 0 Å². The van der Waals surface area contributed by atoms with Crippen LogP contribution in [0.25, 0.3) is 0 Å². The summed E-state index contributed by atoms with van der Waals surface area (Å²) < 4.78 is 5.10. The maximum Gasteiger partial charge on any atom is 0.251 e. The average molecular weight is 221 g/mol. The molecule has 16 heavy (non-hydrogen) atoms. The topological polar surface area (TPSA) is 38.3 Å². The van der Waals surface area contributed by atoms with Crippen molar-refractivity contribution in [2.75, 3.05) is 7.11 Å². The van der Waals surface area contributed by atoms with Crippen LogP contribution < -0.4 is 10.1 Å². The van der Waals surface area contributed by atoms with Crippen molar-refractivity contribution < 1.29 is 9.53 Å². The van der Waals surface area contributed by atoms with E-state index in [4.69, 9.17) is 4.74 Å². The van der Waals surface area contributed by atoms with Crippen LogP contribution in [0.3, 0.4) is 0 Å². The van der Waals surface area contributed by atoms with Crippen LogP contribution in [-0.4, -0.2) is 18.6 Å². The van der Waals surface area contributed by atoms with Crippen molar-refractivity contribution in [3.8, 4) is 5.75 Å². The lowest BCUT2D eigenvalue weighted by molar-refractivity contribution is 0.0919. The largest absolute Gasteiger partial charge is 0.497 e. The number of carbonyl (C=O) groups is 1. The van der Waals surface area contributed by atoms with Gasteiger partial charge in [0.15, 0.2) is 0 Å². The van der Waals surface area contributed by atoms with E-state index in [2.05, 4.69) is 5.32 Å². The molecule has 0 bridgehead atoms. The summed E-state index contributed by atoms with van der Waals surface area (Å²) >= 11 is 0. The predicted molar refractivity (Wildman–Crippen MR) is 65.0 cm³/mol. The number of hydrogen-bond donors (Lipinski definition) is 1. The summed E-state index contributed by atoms with van der Waals surface area (Å²) in [7, 11) is 1.61. The molecule has 0 fully saturated rings. The second-order valence-corrected chi connectivity index (χ2v) is 4.88. The Kier molecular flexibility index (Phi) is 3.58. The highest BCUT2D eigenvalue weighted by Gasteiger charge is 2.16. The zero-order valence-electron chi connectivity index (χ0n) is 10.5. The zero-order chi connectivity index (χ0) is 12.3. The van der Waals surface area contributed by atoms with E-state index in [0.717, 1.165) is 11.3 Å². The summed E-state index contributed by atoms with van der Waals surface area (Å²) in [5.74, 6) is 0.720. The number of carbonyl (C=O) groups excluding carboxylic acids is 1. The van der Waals surface area contributed by atoms with E-state index in [1.54, 1.807) is 19.2 Å². The first kappa shape index (κ1) is 12.6. The highest BCUT2D eigenvalue weighted by atomic mass is 16.5. The summed E-state index contributed by atoms with van der Waals surface area (Å²) in [5, 5.41) is 2.93. The molecule has 3 nitrogen and oxygen atoms in total. The van der Waals surface area contributed by atoms with Gasteiger partial charge in [0.05, 0.1) is 7.11 Å². The molecule has 0 atom stereocenters. The van der Waals surface area contributed by atoms with E-state index >= 15 is 0 Å². The van der Waals surface area contributed by atoms with Gasteiger partial charge in [0.2, 0.25) is 0 Å². The van der Waals surface area contributed by atoms with Crippen molar-refractivity contribution in [3.05, 3.63) is 29.3 Å². The van der Waals surface area contributed by atoms with Crippen molar-refractivity contribution >= 4 is 5.91 Å². The van der Waals surface area contributed by atoms with E-state index < -0.39 is 0 Å². The SMILES string of the molecule is COc1ccc(C(=O)NC(C)(C)C)c(C)c1. The van der Waals surface area contributed by atoms with Crippen LogP contribution in [0.4, 0.5) is 0 Å². The van der Waals surface area contributed by atoms with Crippen LogP contribution >= 0.6 is 0 Å². The van der Waals surface area contributed by atoms with Crippen LogP contribution in [0.2, 0.25) is 0 Å². The third kappa shape index (κ3) is 3.26. The van der Waals surface area contributed by atoms with Crippen molar-refractivity contribution in [1.29, 1.82) is 0 Å². The Bertz CT molecular complexity index is 391. The number of amides is 1. The van der Waals surface area contributed by atoms with Crippen molar-refractivity contribution in [2.45, 2.75) is 33.2 Å². The number of hydrogen-bond acceptors (Lipinski definition) is 2. The molecule has 0 heterocycles. The van der Waals surface area contributed by atoms with E-state index in [0.29, 0.717) is 5.56 Å². The molecule has 1 aromatic rings. The summed E-state index contributed by atoms with van der Waals surface area (Å²) in [6, 6.07) is 5.44. The fourth-order valence-corrected chi connectivity index (χ4v) is 1.43.